The number of rotatable bonds is 5. The second-order valence-electron chi connectivity index (χ2n) is 4.67. The molecule has 0 radical (unpaired) electrons. The summed E-state index contributed by atoms with van der Waals surface area (Å²) in [6, 6.07) is 6.36. The summed E-state index contributed by atoms with van der Waals surface area (Å²) < 4.78 is 11.1. The Morgan fingerprint density at radius 3 is 3.00 bits per heavy atom. The third kappa shape index (κ3) is 2.70. The lowest BCUT2D eigenvalue weighted by atomic mass is 10.1. The molecule has 0 saturated carbocycles. The molecule has 1 aliphatic heterocycles. The lowest BCUT2D eigenvalue weighted by Crippen LogP contribution is -2.32. The molecule has 4 heteroatoms. The highest BCUT2D eigenvalue weighted by Crippen LogP contribution is 2.33. The molecule has 18 heavy (non-hydrogen) atoms. The summed E-state index contributed by atoms with van der Waals surface area (Å²) in [4.78, 5) is 2.20. The van der Waals surface area contributed by atoms with Gasteiger partial charge >= 0.3 is 0 Å². The lowest BCUT2D eigenvalue weighted by molar-refractivity contribution is 0.193. The predicted molar refractivity (Wildman–Crippen MR) is 74.3 cm³/mol. The largest absolute Gasteiger partial charge is 0.491 e. The van der Waals surface area contributed by atoms with E-state index in [0.29, 0.717) is 12.6 Å². The minimum atomic E-state index is 0.411. The smallest absolute Gasteiger partial charge is 0.144 e. The summed E-state index contributed by atoms with van der Waals surface area (Å²) in [5, 5.41) is 0. The minimum Gasteiger partial charge on any atom is -0.491 e. The third-order valence-corrected chi connectivity index (χ3v) is 3.34. The third-order valence-electron chi connectivity index (χ3n) is 3.34. The molecule has 1 unspecified atom stereocenters. The number of nitrogen functional groups attached to an aromatic ring is 1. The molecular formula is C14H22N2O2. The van der Waals surface area contributed by atoms with Gasteiger partial charge in [-0.05, 0) is 25.0 Å². The number of para-hydroxylation sites is 1. The fourth-order valence-corrected chi connectivity index (χ4v) is 2.20. The van der Waals surface area contributed by atoms with E-state index < -0.39 is 0 Å². The van der Waals surface area contributed by atoms with Crippen molar-refractivity contribution in [3.8, 4) is 5.75 Å². The van der Waals surface area contributed by atoms with Gasteiger partial charge in [0, 0.05) is 13.7 Å². The van der Waals surface area contributed by atoms with Crippen LogP contribution in [0.3, 0.4) is 0 Å². The SMILES string of the molecule is CCCOc1cccc(N(C)C2CCOC2)c1N. The Hall–Kier alpha value is -1.42. The minimum absolute atomic E-state index is 0.411. The topological polar surface area (TPSA) is 47.7 Å². The second kappa shape index (κ2) is 5.96. The van der Waals surface area contributed by atoms with Crippen LogP contribution in [0.15, 0.2) is 18.2 Å². The van der Waals surface area contributed by atoms with Crippen molar-refractivity contribution in [1.29, 1.82) is 0 Å². The van der Waals surface area contributed by atoms with Gasteiger partial charge in [-0.2, -0.15) is 0 Å². The van der Waals surface area contributed by atoms with Crippen LogP contribution in [0.4, 0.5) is 11.4 Å². The standard InChI is InChI=1S/C14H22N2O2/c1-3-8-18-13-6-4-5-12(14(13)15)16(2)11-7-9-17-10-11/h4-6,11H,3,7-10,15H2,1-2H3. The van der Waals surface area contributed by atoms with Crippen LogP contribution >= 0.6 is 0 Å². The van der Waals surface area contributed by atoms with Gasteiger partial charge < -0.3 is 20.1 Å². The van der Waals surface area contributed by atoms with E-state index in [4.69, 9.17) is 15.2 Å². The number of benzene rings is 1. The average Bonchev–Trinajstić information content (AvgIpc) is 2.91. The number of nitrogens with zero attached hydrogens (tertiary/aromatic N) is 1. The van der Waals surface area contributed by atoms with Gasteiger partial charge in [0.2, 0.25) is 0 Å². The molecule has 1 fully saturated rings. The van der Waals surface area contributed by atoms with Gasteiger partial charge in [0.25, 0.3) is 0 Å². The normalized spacial score (nSPS) is 18.9. The fourth-order valence-electron chi connectivity index (χ4n) is 2.20. The van der Waals surface area contributed by atoms with Crippen molar-refractivity contribution >= 4 is 11.4 Å². The van der Waals surface area contributed by atoms with Crippen molar-refractivity contribution in [3.63, 3.8) is 0 Å². The summed E-state index contributed by atoms with van der Waals surface area (Å²) in [6.07, 6.45) is 2.03. The molecule has 0 bridgehead atoms. The zero-order valence-corrected chi connectivity index (χ0v) is 11.2. The van der Waals surface area contributed by atoms with Gasteiger partial charge in [-0.3, -0.25) is 0 Å². The van der Waals surface area contributed by atoms with Gasteiger partial charge in [-0.1, -0.05) is 13.0 Å². The number of likely N-dealkylation sites (N-methyl/N-ethyl adjacent to an activating group) is 1. The van der Waals surface area contributed by atoms with E-state index in [1.165, 1.54) is 0 Å². The zero-order chi connectivity index (χ0) is 13.0. The molecule has 0 spiro atoms. The van der Waals surface area contributed by atoms with E-state index in [1.54, 1.807) is 0 Å². The molecule has 0 aliphatic carbocycles. The quantitative estimate of drug-likeness (QED) is 0.814. The molecule has 1 atom stereocenters. The number of hydrogen-bond donors (Lipinski definition) is 1. The van der Waals surface area contributed by atoms with Crippen molar-refractivity contribution < 1.29 is 9.47 Å². The van der Waals surface area contributed by atoms with Gasteiger partial charge in [-0.15, -0.1) is 0 Å². The van der Waals surface area contributed by atoms with E-state index in [2.05, 4.69) is 18.9 Å². The van der Waals surface area contributed by atoms with Crippen molar-refractivity contribution in [2.45, 2.75) is 25.8 Å². The van der Waals surface area contributed by atoms with Gasteiger partial charge in [0.15, 0.2) is 0 Å². The Balaban J connectivity index is 2.16. The van der Waals surface area contributed by atoms with Crippen LogP contribution in [0, 0.1) is 0 Å². The summed E-state index contributed by atoms with van der Waals surface area (Å²) in [7, 11) is 2.06. The van der Waals surface area contributed by atoms with Crippen LogP contribution in [-0.2, 0) is 4.74 Å². The van der Waals surface area contributed by atoms with Gasteiger partial charge in [-0.25, -0.2) is 0 Å². The maximum Gasteiger partial charge on any atom is 0.144 e. The zero-order valence-electron chi connectivity index (χ0n) is 11.2. The highest BCUT2D eigenvalue weighted by Gasteiger charge is 2.22. The molecule has 1 aromatic carbocycles. The Morgan fingerprint density at radius 2 is 2.33 bits per heavy atom. The van der Waals surface area contributed by atoms with Gasteiger partial charge in [0.1, 0.15) is 5.75 Å². The fraction of sp³-hybridized carbons (Fsp3) is 0.571. The number of nitrogens with two attached hydrogens (primary N) is 1. The summed E-state index contributed by atoms with van der Waals surface area (Å²) >= 11 is 0. The number of anilines is 2. The Kier molecular flexibility index (Phi) is 4.31. The van der Waals surface area contributed by atoms with E-state index in [1.807, 2.05) is 18.2 Å². The second-order valence-corrected chi connectivity index (χ2v) is 4.67. The highest BCUT2D eigenvalue weighted by molar-refractivity contribution is 5.74. The molecule has 1 aliphatic rings. The van der Waals surface area contributed by atoms with E-state index >= 15 is 0 Å². The predicted octanol–water partition coefficient (Wildman–Crippen LogP) is 2.28. The molecule has 100 valence electrons. The first-order valence-electron chi connectivity index (χ1n) is 6.56. The van der Waals surface area contributed by atoms with Crippen molar-refractivity contribution in [2.24, 2.45) is 0 Å². The first-order chi connectivity index (χ1) is 8.74. The Labute approximate surface area is 109 Å². The van der Waals surface area contributed by atoms with E-state index in [9.17, 15) is 0 Å². The van der Waals surface area contributed by atoms with Crippen LogP contribution in [-0.4, -0.2) is 32.9 Å². The van der Waals surface area contributed by atoms with E-state index in [0.717, 1.165) is 43.2 Å². The molecule has 2 rings (SSSR count). The monoisotopic (exact) mass is 250 g/mol. The van der Waals surface area contributed by atoms with Crippen molar-refractivity contribution in [1.82, 2.24) is 0 Å². The maximum atomic E-state index is 6.19. The number of hydrogen-bond acceptors (Lipinski definition) is 4. The van der Waals surface area contributed by atoms with Crippen molar-refractivity contribution in [3.05, 3.63) is 18.2 Å². The lowest BCUT2D eigenvalue weighted by Gasteiger charge is -2.27. The molecule has 4 nitrogen and oxygen atoms in total. The molecule has 0 aromatic heterocycles. The summed E-state index contributed by atoms with van der Waals surface area (Å²) in [5.41, 5.74) is 7.93. The number of ether oxygens (including phenoxy) is 2. The molecule has 1 aromatic rings. The molecule has 1 saturated heterocycles. The Morgan fingerprint density at radius 1 is 1.50 bits per heavy atom. The molecule has 0 amide bonds. The first kappa shape index (κ1) is 13.0. The van der Waals surface area contributed by atoms with Crippen LogP contribution in [0.1, 0.15) is 19.8 Å². The van der Waals surface area contributed by atoms with Gasteiger partial charge in [0.05, 0.1) is 30.6 Å². The highest BCUT2D eigenvalue weighted by atomic mass is 16.5. The summed E-state index contributed by atoms with van der Waals surface area (Å²) in [5.74, 6) is 0.778. The molecule has 1 heterocycles. The van der Waals surface area contributed by atoms with Crippen LogP contribution in [0.25, 0.3) is 0 Å². The maximum absolute atomic E-state index is 6.19. The molecular weight excluding hydrogens is 228 g/mol. The Bertz CT molecular complexity index is 389. The van der Waals surface area contributed by atoms with Crippen LogP contribution in [0.2, 0.25) is 0 Å². The van der Waals surface area contributed by atoms with Crippen LogP contribution in [0.5, 0.6) is 5.75 Å². The molecule has 2 N–H and O–H groups in total. The average molecular weight is 250 g/mol. The first-order valence-corrected chi connectivity index (χ1v) is 6.56. The summed E-state index contributed by atoms with van der Waals surface area (Å²) in [6.45, 7) is 4.39. The van der Waals surface area contributed by atoms with E-state index in [-0.39, 0.29) is 0 Å². The van der Waals surface area contributed by atoms with Crippen molar-refractivity contribution in [2.75, 3.05) is 37.5 Å². The van der Waals surface area contributed by atoms with Crippen LogP contribution < -0.4 is 15.4 Å².